The first-order chi connectivity index (χ1) is 10.0. The third kappa shape index (κ3) is 4.97. The van der Waals surface area contributed by atoms with E-state index < -0.39 is 0 Å². The molecule has 0 fully saturated rings. The molecule has 1 unspecified atom stereocenters. The largest absolute Gasteiger partial charge is 0.314 e. The fraction of sp³-hybridized carbons (Fsp3) is 0.471. The van der Waals surface area contributed by atoms with Crippen molar-refractivity contribution in [3.05, 3.63) is 53.6 Å². The molecule has 0 saturated carbocycles. The summed E-state index contributed by atoms with van der Waals surface area (Å²) in [6, 6.07) is 7.48. The van der Waals surface area contributed by atoms with Crippen molar-refractivity contribution in [1.29, 1.82) is 0 Å². The quantitative estimate of drug-likeness (QED) is 0.849. The minimum Gasteiger partial charge on any atom is -0.314 e. The second-order valence-electron chi connectivity index (χ2n) is 5.95. The van der Waals surface area contributed by atoms with Crippen molar-refractivity contribution in [3.8, 4) is 0 Å². The van der Waals surface area contributed by atoms with Crippen LogP contribution in [0.4, 0.5) is 4.39 Å². The van der Waals surface area contributed by atoms with Crippen LogP contribution in [0, 0.1) is 11.7 Å². The number of hydrogen-bond donors (Lipinski definition) is 1. The van der Waals surface area contributed by atoms with Gasteiger partial charge in [-0.15, -0.1) is 0 Å². The van der Waals surface area contributed by atoms with Gasteiger partial charge in [-0.1, -0.05) is 32.0 Å². The fourth-order valence-electron chi connectivity index (χ4n) is 2.50. The van der Waals surface area contributed by atoms with Gasteiger partial charge >= 0.3 is 0 Å². The van der Waals surface area contributed by atoms with Crippen molar-refractivity contribution in [2.45, 2.75) is 32.7 Å². The molecule has 3 nitrogen and oxygen atoms in total. The van der Waals surface area contributed by atoms with E-state index in [9.17, 15) is 4.39 Å². The lowest BCUT2D eigenvalue weighted by molar-refractivity contribution is 0.437. The van der Waals surface area contributed by atoms with Gasteiger partial charge in [-0.05, 0) is 42.5 Å². The highest BCUT2D eigenvalue weighted by atomic mass is 19.1. The van der Waals surface area contributed by atoms with Crippen molar-refractivity contribution in [2.75, 3.05) is 6.54 Å². The zero-order chi connectivity index (χ0) is 15.2. The molecular weight excluding hydrogens is 265 g/mol. The molecule has 1 atom stereocenters. The molecule has 4 heteroatoms. The van der Waals surface area contributed by atoms with Crippen LogP contribution in [0.2, 0.25) is 0 Å². The van der Waals surface area contributed by atoms with E-state index in [1.54, 1.807) is 6.07 Å². The Hall–Kier alpha value is -1.68. The van der Waals surface area contributed by atoms with Gasteiger partial charge in [-0.3, -0.25) is 4.68 Å². The summed E-state index contributed by atoms with van der Waals surface area (Å²) in [6.07, 6.45) is 5.57. The summed E-state index contributed by atoms with van der Waals surface area (Å²) >= 11 is 0. The Bertz CT molecular complexity index is 563. The first-order valence-corrected chi connectivity index (χ1v) is 7.49. The van der Waals surface area contributed by atoms with E-state index in [1.807, 2.05) is 36.3 Å². The Morgan fingerprint density at radius 2 is 2.00 bits per heavy atom. The Balaban J connectivity index is 2.06. The molecule has 0 saturated heterocycles. The third-order valence-corrected chi connectivity index (χ3v) is 3.56. The van der Waals surface area contributed by atoms with Crippen molar-refractivity contribution in [2.24, 2.45) is 13.0 Å². The molecule has 0 aliphatic heterocycles. The van der Waals surface area contributed by atoms with Gasteiger partial charge in [0.2, 0.25) is 0 Å². The van der Waals surface area contributed by atoms with Gasteiger partial charge in [-0.25, -0.2) is 4.39 Å². The zero-order valence-electron chi connectivity index (χ0n) is 13.0. The Labute approximate surface area is 126 Å². The highest BCUT2D eigenvalue weighted by Crippen LogP contribution is 2.16. The number of nitrogens with one attached hydrogen (secondary N) is 1. The monoisotopic (exact) mass is 289 g/mol. The van der Waals surface area contributed by atoms with E-state index in [2.05, 4.69) is 24.3 Å². The number of aryl methyl sites for hydroxylation is 1. The number of benzene rings is 1. The van der Waals surface area contributed by atoms with Gasteiger partial charge in [0.25, 0.3) is 0 Å². The molecule has 2 rings (SSSR count). The molecule has 114 valence electrons. The number of aromatic nitrogens is 2. The molecule has 0 amide bonds. The summed E-state index contributed by atoms with van der Waals surface area (Å²) in [4.78, 5) is 0. The van der Waals surface area contributed by atoms with Crippen LogP contribution in [-0.4, -0.2) is 22.4 Å². The van der Waals surface area contributed by atoms with Gasteiger partial charge in [0, 0.05) is 19.3 Å². The highest BCUT2D eigenvalue weighted by Gasteiger charge is 2.14. The zero-order valence-corrected chi connectivity index (χ0v) is 13.0. The molecule has 0 aliphatic carbocycles. The maximum atomic E-state index is 13.9. The van der Waals surface area contributed by atoms with Crippen LogP contribution in [0.25, 0.3) is 0 Å². The maximum Gasteiger partial charge on any atom is 0.126 e. The average molecular weight is 289 g/mol. The lowest BCUT2D eigenvalue weighted by Gasteiger charge is -2.19. The summed E-state index contributed by atoms with van der Waals surface area (Å²) < 4.78 is 15.7. The predicted molar refractivity (Wildman–Crippen MR) is 83.6 cm³/mol. The normalized spacial score (nSPS) is 12.8. The smallest absolute Gasteiger partial charge is 0.126 e. The van der Waals surface area contributed by atoms with Crippen LogP contribution in [0.15, 0.2) is 36.7 Å². The number of rotatable bonds is 7. The summed E-state index contributed by atoms with van der Waals surface area (Å²) in [7, 11) is 1.92. The van der Waals surface area contributed by atoms with E-state index in [0.29, 0.717) is 12.0 Å². The molecule has 1 aromatic carbocycles. The van der Waals surface area contributed by atoms with Gasteiger partial charge in [0.15, 0.2) is 0 Å². The van der Waals surface area contributed by atoms with Gasteiger partial charge in [0.1, 0.15) is 5.82 Å². The Morgan fingerprint density at radius 1 is 1.24 bits per heavy atom. The van der Waals surface area contributed by atoms with Crippen LogP contribution in [0.1, 0.15) is 25.0 Å². The summed E-state index contributed by atoms with van der Waals surface area (Å²) in [6.45, 7) is 5.13. The van der Waals surface area contributed by atoms with Crippen LogP contribution in [0.5, 0.6) is 0 Å². The molecule has 0 aliphatic rings. The van der Waals surface area contributed by atoms with Crippen LogP contribution in [-0.2, 0) is 19.9 Å². The highest BCUT2D eigenvalue weighted by molar-refractivity contribution is 5.18. The molecule has 1 aromatic heterocycles. The predicted octanol–water partition coefficient (Wildman–Crippen LogP) is 2.96. The third-order valence-electron chi connectivity index (χ3n) is 3.56. The average Bonchev–Trinajstić information content (AvgIpc) is 2.84. The summed E-state index contributed by atoms with van der Waals surface area (Å²) in [5, 5.41) is 7.67. The van der Waals surface area contributed by atoms with E-state index >= 15 is 0 Å². The SMILES string of the molecule is CC(C)NCC(Cc1cnn(C)c1)Cc1ccccc1F. The van der Waals surface area contributed by atoms with E-state index in [-0.39, 0.29) is 5.82 Å². The summed E-state index contributed by atoms with van der Waals surface area (Å²) in [5.74, 6) is 0.242. The molecule has 2 aromatic rings. The topological polar surface area (TPSA) is 29.9 Å². The molecule has 21 heavy (non-hydrogen) atoms. The fourth-order valence-corrected chi connectivity index (χ4v) is 2.50. The Kier molecular flexibility index (Phi) is 5.51. The van der Waals surface area contributed by atoms with Crippen LogP contribution >= 0.6 is 0 Å². The lowest BCUT2D eigenvalue weighted by Crippen LogP contribution is -2.31. The number of hydrogen-bond acceptors (Lipinski definition) is 2. The molecule has 0 radical (unpaired) electrons. The van der Waals surface area contributed by atoms with Crippen molar-refractivity contribution >= 4 is 0 Å². The molecule has 0 bridgehead atoms. The maximum absolute atomic E-state index is 13.9. The second kappa shape index (κ2) is 7.36. The Morgan fingerprint density at radius 3 is 2.62 bits per heavy atom. The van der Waals surface area contributed by atoms with E-state index in [0.717, 1.165) is 24.9 Å². The second-order valence-corrected chi connectivity index (χ2v) is 5.95. The molecule has 1 heterocycles. The number of nitrogens with zero attached hydrogens (tertiary/aromatic N) is 2. The van der Waals surface area contributed by atoms with Crippen LogP contribution in [0.3, 0.4) is 0 Å². The van der Waals surface area contributed by atoms with Crippen molar-refractivity contribution < 1.29 is 4.39 Å². The van der Waals surface area contributed by atoms with Crippen molar-refractivity contribution in [1.82, 2.24) is 15.1 Å². The standard InChI is InChI=1S/C17H24FN3/c1-13(2)19-10-14(8-15-11-20-21(3)12-15)9-16-6-4-5-7-17(16)18/h4-7,11-14,19H,8-10H2,1-3H3. The molecular formula is C17H24FN3. The van der Waals surface area contributed by atoms with Crippen LogP contribution < -0.4 is 5.32 Å². The van der Waals surface area contributed by atoms with Crippen molar-refractivity contribution in [3.63, 3.8) is 0 Å². The minimum atomic E-state index is -0.113. The first kappa shape index (κ1) is 15.7. The molecule has 0 spiro atoms. The van der Waals surface area contributed by atoms with E-state index in [1.165, 1.54) is 11.6 Å². The summed E-state index contributed by atoms with van der Waals surface area (Å²) in [5.41, 5.74) is 1.99. The molecule has 1 N–H and O–H groups in total. The lowest BCUT2D eigenvalue weighted by atomic mass is 9.93. The minimum absolute atomic E-state index is 0.113. The van der Waals surface area contributed by atoms with Gasteiger partial charge in [0.05, 0.1) is 6.20 Å². The van der Waals surface area contributed by atoms with Gasteiger partial charge in [-0.2, -0.15) is 5.10 Å². The number of halogens is 1. The van der Waals surface area contributed by atoms with E-state index in [4.69, 9.17) is 0 Å². The first-order valence-electron chi connectivity index (χ1n) is 7.49. The van der Waals surface area contributed by atoms with Gasteiger partial charge < -0.3 is 5.32 Å².